The summed E-state index contributed by atoms with van der Waals surface area (Å²) >= 11 is 0. The predicted molar refractivity (Wildman–Crippen MR) is 75.6 cm³/mol. The first-order chi connectivity index (χ1) is 9.27. The van der Waals surface area contributed by atoms with E-state index in [-0.39, 0.29) is 12.4 Å². The molecule has 0 unspecified atom stereocenters. The molecular formula is C16H18O3. The van der Waals surface area contributed by atoms with Gasteiger partial charge in [-0.25, -0.2) is 0 Å². The van der Waals surface area contributed by atoms with Crippen molar-refractivity contribution in [1.29, 1.82) is 0 Å². The first-order valence-electron chi connectivity index (χ1n) is 5.94. The van der Waals surface area contributed by atoms with Gasteiger partial charge in [-0.15, -0.1) is 0 Å². The van der Waals surface area contributed by atoms with Crippen molar-refractivity contribution in [3.63, 3.8) is 0 Å². The number of carbonyl (C=O) groups excluding carboxylic acids is 1. The number of methoxy groups -OCH3 is 1. The van der Waals surface area contributed by atoms with Gasteiger partial charge in [0.05, 0.1) is 0 Å². The number of hydrogen-bond donors (Lipinski definition) is 0. The average Bonchev–Trinajstić information content (AvgIpc) is 2.47. The molecule has 0 radical (unpaired) electrons. The second-order valence-corrected chi connectivity index (χ2v) is 3.80. The summed E-state index contributed by atoms with van der Waals surface area (Å²) in [5.41, 5.74) is 0.679. The van der Waals surface area contributed by atoms with E-state index < -0.39 is 0 Å². The van der Waals surface area contributed by atoms with Gasteiger partial charge in [0.15, 0.2) is 12.4 Å². The molecule has 100 valence electrons. The Kier molecular flexibility index (Phi) is 6.98. The van der Waals surface area contributed by atoms with Crippen LogP contribution in [0.15, 0.2) is 60.7 Å². The molecule has 0 N–H and O–H groups in total. The fraction of sp³-hybridized carbons (Fsp3) is 0.188. The van der Waals surface area contributed by atoms with Crippen LogP contribution in [0.5, 0.6) is 5.75 Å². The Bertz CT molecular complexity index is 466. The van der Waals surface area contributed by atoms with Crippen molar-refractivity contribution < 1.29 is 14.3 Å². The molecule has 19 heavy (non-hydrogen) atoms. The van der Waals surface area contributed by atoms with Crippen LogP contribution in [-0.2, 0) is 4.74 Å². The highest BCUT2D eigenvalue weighted by Gasteiger charge is 2.05. The third-order valence-corrected chi connectivity index (χ3v) is 2.21. The normalized spacial score (nSPS) is 9.16. The van der Waals surface area contributed by atoms with Gasteiger partial charge in [0, 0.05) is 19.8 Å². The van der Waals surface area contributed by atoms with Crippen molar-refractivity contribution in [1.82, 2.24) is 0 Å². The summed E-state index contributed by atoms with van der Waals surface area (Å²) in [6.07, 6.45) is 0. The van der Waals surface area contributed by atoms with Crippen LogP contribution in [0, 0.1) is 0 Å². The molecule has 0 atom stereocenters. The fourth-order valence-electron chi connectivity index (χ4n) is 1.37. The van der Waals surface area contributed by atoms with E-state index in [1.165, 1.54) is 0 Å². The number of rotatable bonds is 4. The van der Waals surface area contributed by atoms with Gasteiger partial charge in [-0.1, -0.05) is 48.5 Å². The molecule has 0 heterocycles. The van der Waals surface area contributed by atoms with Crippen LogP contribution >= 0.6 is 0 Å². The van der Waals surface area contributed by atoms with Crippen LogP contribution in [0.4, 0.5) is 0 Å². The minimum absolute atomic E-state index is 0.00977. The summed E-state index contributed by atoms with van der Waals surface area (Å²) in [5, 5.41) is 0. The Balaban J connectivity index is 0.000000550. The Hall–Kier alpha value is -2.13. The van der Waals surface area contributed by atoms with E-state index in [1.807, 2.05) is 48.5 Å². The maximum absolute atomic E-state index is 11.7. The molecule has 0 aliphatic carbocycles. The van der Waals surface area contributed by atoms with Gasteiger partial charge >= 0.3 is 0 Å². The average molecular weight is 258 g/mol. The van der Waals surface area contributed by atoms with Crippen molar-refractivity contribution in [2.75, 3.05) is 20.8 Å². The van der Waals surface area contributed by atoms with Crippen molar-refractivity contribution in [3.05, 3.63) is 66.2 Å². The van der Waals surface area contributed by atoms with Crippen LogP contribution in [0.1, 0.15) is 10.4 Å². The third kappa shape index (κ3) is 5.84. The highest BCUT2D eigenvalue weighted by Crippen LogP contribution is 2.09. The topological polar surface area (TPSA) is 35.5 Å². The van der Waals surface area contributed by atoms with Crippen molar-refractivity contribution in [2.24, 2.45) is 0 Å². The molecule has 0 amide bonds. The molecule has 0 aliphatic heterocycles. The van der Waals surface area contributed by atoms with Gasteiger partial charge in [-0.3, -0.25) is 4.79 Å². The third-order valence-electron chi connectivity index (χ3n) is 2.21. The predicted octanol–water partition coefficient (Wildman–Crippen LogP) is 3.21. The largest absolute Gasteiger partial charge is 0.485 e. The number of carbonyl (C=O) groups is 1. The first-order valence-corrected chi connectivity index (χ1v) is 5.94. The minimum atomic E-state index is -0.00977. The maximum Gasteiger partial charge on any atom is 0.200 e. The van der Waals surface area contributed by atoms with Gasteiger partial charge in [0.1, 0.15) is 5.75 Å². The van der Waals surface area contributed by atoms with Gasteiger partial charge in [-0.2, -0.15) is 0 Å². The lowest BCUT2D eigenvalue weighted by molar-refractivity contribution is 0.0921. The zero-order chi connectivity index (χ0) is 13.9. The first kappa shape index (κ1) is 14.9. The van der Waals surface area contributed by atoms with Crippen LogP contribution < -0.4 is 4.74 Å². The van der Waals surface area contributed by atoms with Crippen LogP contribution in [-0.4, -0.2) is 26.6 Å². The summed E-state index contributed by atoms with van der Waals surface area (Å²) in [6.45, 7) is 0.0774. The molecule has 0 bridgehead atoms. The molecule has 0 aliphatic rings. The monoisotopic (exact) mass is 258 g/mol. The zero-order valence-corrected chi connectivity index (χ0v) is 11.2. The van der Waals surface area contributed by atoms with Gasteiger partial charge in [-0.05, 0) is 12.1 Å². The van der Waals surface area contributed by atoms with Gasteiger partial charge < -0.3 is 9.47 Å². The number of ether oxygens (including phenoxy) is 2. The van der Waals surface area contributed by atoms with Crippen molar-refractivity contribution in [3.8, 4) is 5.75 Å². The van der Waals surface area contributed by atoms with E-state index in [9.17, 15) is 4.79 Å². The van der Waals surface area contributed by atoms with E-state index in [0.29, 0.717) is 11.3 Å². The maximum atomic E-state index is 11.7. The lowest BCUT2D eigenvalue weighted by Crippen LogP contribution is -2.11. The van der Waals surface area contributed by atoms with E-state index >= 15 is 0 Å². The van der Waals surface area contributed by atoms with E-state index in [1.54, 1.807) is 26.4 Å². The summed E-state index contributed by atoms with van der Waals surface area (Å²) in [7, 11) is 3.25. The quantitative estimate of drug-likeness (QED) is 0.790. The SMILES string of the molecule is COC.O=C(COc1ccccc1)c1ccccc1. The zero-order valence-electron chi connectivity index (χ0n) is 11.2. The van der Waals surface area contributed by atoms with E-state index in [4.69, 9.17) is 4.74 Å². The summed E-state index contributed by atoms with van der Waals surface area (Å²) in [5.74, 6) is 0.705. The Morgan fingerprint density at radius 2 is 1.37 bits per heavy atom. The second kappa shape index (κ2) is 8.89. The van der Waals surface area contributed by atoms with Crippen LogP contribution in [0.2, 0.25) is 0 Å². The van der Waals surface area contributed by atoms with Gasteiger partial charge in [0.25, 0.3) is 0 Å². The second-order valence-electron chi connectivity index (χ2n) is 3.80. The molecule has 0 saturated carbocycles. The highest BCUT2D eigenvalue weighted by atomic mass is 16.5. The summed E-state index contributed by atoms with van der Waals surface area (Å²) in [4.78, 5) is 11.7. The molecule has 0 spiro atoms. The summed E-state index contributed by atoms with van der Waals surface area (Å²) < 4.78 is 9.62. The molecule has 0 aromatic heterocycles. The number of benzene rings is 2. The fourth-order valence-corrected chi connectivity index (χ4v) is 1.37. The Morgan fingerprint density at radius 1 is 0.895 bits per heavy atom. The highest BCUT2D eigenvalue weighted by molar-refractivity contribution is 5.97. The smallest absolute Gasteiger partial charge is 0.200 e. The van der Waals surface area contributed by atoms with E-state index in [0.717, 1.165) is 0 Å². The lowest BCUT2D eigenvalue weighted by Gasteiger charge is -2.04. The molecule has 2 aromatic rings. The molecule has 3 heteroatoms. The standard InChI is InChI=1S/C14H12O2.C2H6O/c15-14(12-7-3-1-4-8-12)11-16-13-9-5-2-6-10-13;1-3-2/h1-10H,11H2;1-2H3. The number of para-hydroxylation sites is 1. The number of Topliss-reactive ketones (excluding diaryl/α,β-unsaturated/α-hetero) is 1. The number of hydrogen-bond acceptors (Lipinski definition) is 3. The summed E-state index contributed by atoms with van der Waals surface area (Å²) in [6, 6.07) is 18.5. The minimum Gasteiger partial charge on any atom is -0.485 e. The van der Waals surface area contributed by atoms with Gasteiger partial charge in [0.2, 0.25) is 0 Å². The Morgan fingerprint density at radius 3 is 1.89 bits per heavy atom. The molecule has 3 nitrogen and oxygen atoms in total. The van der Waals surface area contributed by atoms with Crippen LogP contribution in [0.25, 0.3) is 0 Å². The molecule has 2 rings (SSSR count). The lowest BCUT2D eigenvalue weighted by atomic mass is 10.1. The van der Waals surface area contributed by atoms with Crippen molar-refractivity contribution in [2.45, 2.75) is 0 Å². The molecule has 0 fully saturated rings. The molecular weight excluding hydrogens is 240 g/mol. The molecule has 0 saturated heterocycles. The van der Waals surface area contributed by atoms with Crippen molar-refractivity contribution >= 4 is 5.78 Å². The Labute approximate surface area is 113 Å². The number of ketones is 1. The van der Waals surface area contributed by atoms with E-state index in [2.05, 4.69) is 4.74 Å². The molecule has 2 aromatic carbocycles. The van der Waals surface area contributed by atoms with Crippen LogP contribution in [0.3, 0.4) is 0 Å².